The third-order valence-corrected chi connectivity index (χ3v) is 2.41. The summed E-state index contributed by atoms with van der Waals surface area (Å²) in [5.74, 6) is -0.279. The number of allylic oxidation sites excluding steroid dienone is 1. The molecule has 0 atom stereocenters. The maximum absolute atomic E-state index is 11.1. The van der Waals surface area contributed by atoms with Crippen molar-refractivity contribution < 1.29 is 31.4 Å². The van der Waals surface area contributed by atoms with Gasteiger partial charge in [0.05, 0.1) is 6.54 Å². The van der Waals surface area contributed by atoms with Gasteiger partial charge in [-0.1, -0.05) is 19.4 Å². The molecule has 9 heteroatoms. The largest absolute Gasteiger partial charge is 0.673 e. The van der Waals surface area contributed by atoms with Crippen LogP contribution >= 0.6 is 0 Å². The fourth-order valence-corrected chi connectivity index (χ4v) is 1.48. The van der Waals surface area contributed by atoms with E-state index in [9.17, 15) is 22.1 Å². The highest BCUT2D eigenvalue weighted by molar-refractivity contribution is 6.50. The zero-order valence-corrected chi connectivity index (χ0v) is 12.7. The Bertz CT molecular complexity index is 455. The summed E-state index contributed by atoms with van der Waals surface area (Å²) in [6.07, 6.45) is 11.6. The lowest BCUT2D eigenvalue weighted by atomic mass is 10.3. The number of carbonyl (C=O) groups is 1. The van der Waals surface area contributed by atoms with E-state index in [1.54, 1.807) is 13.0 Å². The molecule has 1 rings (SSSR count). The third-order valence-electron chi connectivity index (χ3n) is 2.41. The van der Waals surface area contributed by atoms with Crippen molar-refractivity contribution in [3.63, 3.8) is 0 Å². The maximum Gasteiger partial charge on any atom is 0.673 e. The van der Waals surface area contributed by atoms with Crippen molar-refractivity contribution in [2.24, 2.45) is 0 Å². The second-order valence-corrected chi connectivity index (χ2v) is 4.41. The fourth-order valence-electron chi connectivity index (χ4n) is 1.48. The number of imidazole rings is 1. The highest BCUT2D eigenvalue weighted by atomic mass is 19.5. The minimum absolute atomic E-state index is 0.279. The number of halogens is 4. The van der Waals surface area contributed by atoms with Crippen LogP contribution in [-0.4, -0.2) is 24.4 Å². The van der Waals surface area contributed by atoms with Gasteiger partial charge in [0, 0.05) is 6.08 Å². The molecule has 0 aliphatic rings. The normalized spacial score (nSPS) is 11.2. The zero-order chi connectivity index (χ0) is 17.0. The van der Waals surface area contributed by atoms with E-state index in [0.717, 1.165) is 6.54 Å². The fraction of sp³-hybridized carbons (Fsp3) is 0.538. The SMILES string of the molecule is CC=CC(=O)OCCn1cc[n+](CCCC)c1.F[B-](F)(F)F. The minimum atomic E-state index is -6.00. The smallest absolute Gasteiger partial charge is 0.458 e. The van der Waals surface area contributed by atoms with E-state index in [2.05, 4.69) is 11.5 Å². The molecule has 4 nitrogen and oxygen atoms in total. The molecule has 1 aromatic rings. The molecule has 0 N–H and O–H groups in total. The molecular weight excluding hydrogens is 303 g/mol. The molecule has 22 heavy (non-hydrogen) atoms. The average molecular weight is 324 g/mol. The lowest BCUT2D eigenvalue weighted by molar-refractivity contribution is -0.696. The molecule has 0 spiro atoms. The van der Waals surface area contributed by atoms with Crippen molar-refractivity contribution in [2.45, 2.75) is 39.8 Å². The molecule has 0 saturated heterocycles. The number of nitrogens with zero attached hydrogens (tertiary/aromatic N) is 2. The monoisotopic (exact) mass is 324 g/mol. The molecule has 0 radical (unpaired) electrons. The van der Waals surface area contributed by atoms with Crippen molar-refractivity contribution >= 4 is 13.2 Å². The van der Waals surface area contributed by atoms with Crippen molar-refractivity contribution in [1.29, 1.82) is 0 Å². The molecule has 0 aliphatic carbocycles. The highest BCUT2D eigenvalue weighted by Crippen LogP contribution is 2.06. The number of rotatable bonds is 7. The van der Waals surface area contributed by atoms with Crippen LogP contribution < -0.4 is 4.57 Å². The van der Waals surface area contributed by atoms with Gasteiger partial charge in [0.1, 0.15) is 25.5 Å². The maximum atomic E-state index is 11.1. The lowest BCUT2D eigenvalue weighted by Crippen LogP contribution is -2.30. The summed E-state index contributed by atoms with van der Waals surface area (Å²) >= 11 is 0. The number of hydrogen-bond donors (Lipinski definition) is 0. The standard InChI is InChI=1S/C13H21N2O2.BF4/c1-3-5-7-14-8-9-15(12-14)10-11-17-13(16)6-4-2;2-1(3,4)5/h4,6,8-9,12H,3,5,7,10-11H2,1-2H3;/q+1;-1. The summed E-state index contributed by atoms with van der Waals surface area (Å²) in [6, 6.07) is 0. The molecule has 1 aromatic heterocycles. The van der Waals surface area contributed by atoms with Crippen molar-refractivity contribution in [3.05, 3.63) is 30.9 Å². The van der Waals surface area contributed by atoms with Crippen LogP contribution in [0.25, 0.3) is 0 Å². The Balaban J connectivity index is 0.000000763. The molecule has 0 aliphatic heterocycles. The van der Waals surface area contributed by atoms with Crippen LogP contribution in [-0.2, 0) is 22.6 Å². The Morgan fingerprint density at radius 3 is 2.55 bits per heavy atom. The molecular formula is C13H21BF4N2O2. The first-order valence-electron chi connectivity index (χ1n) is 6.97. The van der Waals surface area contributed by atoms with Crippen molar-refractivity contribution in [3.8, 4) is 0 Å². The number of hydrogen-bond acceptors (Lipinski definition) is 2. The van der Waals surface area contributed by atoms with Crippen LogP contribution in [0.5, 0.6) is 0 Å². The second-order valence-electron chi connectivity index (χ2n) is 4.41. The first-order valence-corrected chi connectivity index (χ1v) is 6.97. The van der Waals surface area contributed by atoms with E-state index in [0.29, 0.717) is 13.2 Å². The predicted molar refractivity (Wildman–Crippen MR) is 75.5 cm³/mol. The van der Waals surface area contributed by atoms with Gasteiger partial charge >= 0.3 is 13.2 Å². The van der Waals surface area contributed by atoms with Gasteiger partial charge in [0.25, 0.3) is 0 Å². The number of aromatic nitrogens is 2. The molecule has 0 bridgehead atoms. The molecule has 0 fully saturated rings. The second kappa shape index (κ2) is 10.9. The summed E-state index contributed by atoms with van der Waals surface area (Å²) in [5, 5.41) is 0. The van der Waals surface area contributed by atoms with Crippen LogP contribution in [0.2, 0.25) is 0 Å². The number of aryl methyl sites for hydroxylation is 1. The Labute approximate surface area is 127 Å². The van der Waals surface area contributed by atoms with Crippen molar-refractivity contribution in [2.75, 3.05) is 6.61 Å². The van der Waals surface area contributed by atoms with E-state index >= 15 is 0 Å². The summed E-state index contributed by atoms with van der Waals surface area (Å²) in [6.45, 7) is 6.12. The molecule has 0 amide bonds. The van der Waals surface area contributed by atoms with Gasteiger partial charge in [0.2, 0.25) is 6.33 Å². The summed E-state index contributed by atoms with van der Waals surface area (Å²) < 4.78 is 48.2. The van der Waals surface area contributed by atoms with Crippen LogP contribution in [0, 0.1) is 0 Å². The quantitative estimate of drug-likeness (QED) is 0.254. The van der Waals surface area contributed by atoms with E-state index in [-0.39, 0.29) is 5.97 Å². The van der Waals surface area contributed by atoms with Crippen LogP contribution in [0.1, 0.15) is 26.7 Å². The average Bonchev–Trinajstić information content (AvgIpc) is 2.82. The summed E-state index contributed by atoms with van der Waals surface area (Å²) in [4.78, 5) is 11.1. The molecule has 0 saturated carbocycles. The summed E-state index contributed by atoms with van der Waals surface area (Å²) in [7, 11) is -6.00. The Hall–Kier alpha value is -1.80. The number of carbonyl (C=O) groups excluding carboxylic acids is 1. The first kappa shape index (κ1) is 20.2. The highest BCUT2D eigenvalue weighted by Gasteiger charge is 2.20. The van der Waals surface area contributed by atoms with E-state index in [1.165, 1.54) is 18.9 Å². The van der Waals surface area contributed by atoms with Gasteiger partial charge in [-0.3, -0.25) is 0 Å². The molecule has 0 unspecified atom stereocenters. The minimum Gasteiger partial charge on any atom is -0.458 e. The van der Waals surface area contributed by atoms with Gasteiger partial charge in [-0.15, -0.1) is 0 Å². The van der Waals surface area contributed by atoms with E-state index in [1.807, 2.05) is 23.3 Å². The van der Waals surface area contributed by atoms with Crippen LogP contribution in [0.4, 0.5) is 17.3 Å². The van der Waals surface area contributed by atoms with Gasteiger partial charge in [-0.05, 0) is 13.3 Å². The van der Waals surface area contributed by atoms with Crippen LogP contribution in [0.3, 0.4) is 0 Å². The summed E-state index contributed by atoms with van der Waals surface area (Å²) in [5.41, 5.74) is 0. The van der Waals surface area contributed by atoms with Crippen LogP contribution in [0.15, 0.2) is 30.9 Å². The Kier molecular flexibility index (Phi) is 9.98. The molecule has 0 aromatic carbocycles. The molecule has 126 valence electrons. The topological polar surface area (TPSA) is 35.1 Å². The van der Waals surface area contributed by atoms with Crippen molar-refractivity contribution in [1.82, 2.24) is 4.57 Å². The van der Waals surface area contributed by atoms with Gasteiger partial charge in [-0.2, -0.15) is 0 Å². The van der Waals surface area contributed by atoms with E-state index < -0.39 is 7.25 Å². The Morgan fingerprint density at radius 1 is 1.36 bits per heavy atom. The Morgan fingerprint density at radius 2 is 2.00 bits per heavy atom. The van der Waals surface area contributed by atoms with Gasteiger partial charge < -0.3 is 22.0 Å². The first-order chi connectivity index (χ1) is 10.3. The van der Waals surface area contributed by atoms with Gasteiger partial charge in [0.15, 0.2) is 0 Å². The number of ether oxygens (including phenoxy) is 1. The lowest BCUT2D eigenvalue weighted by Gasteiger charge is -1.98. The van der Waals surface area contributed by atoms with Gasteiger partial charge in [-0.25, -0.2) is 13.9 Å². The predicted octanol–water partition coefficient (Wildman–Crippen LogP) is 3.00. The zero-order valence-electron chi connectivity index (χ0n) is 12.7. The van der Waals surface area contributed by atoms with E-state index in [4.69, 9.17) is 4.74 Å². The number of unbranched alkanes of at least 4 members (excludes halogenated alkanes) is 1. The third kappa shape index (κ3) is 13.2. The number of esters is 1. The molecule has 1 heterocycles.